The molecule has 4 nitrogen and oxygen atoms in total. The number of hydrogen-bond acceptors (Lipinski definition) is 5. The van der Waals surface area contributed by atoms with E-state index >= 15 is 0 Å². The third-order valence-electron chi connectivity index (χ3n) is 4.31. The molecule has 1 aliphatic rings. The summed E-state index contributed by atoms with van der Waals surface area (Å²) in [5.41, 5.74) is 0.822. The number of methoxy groups -OCH3 is 1. The van der Waals surface area contributed by atoms with Gasteiger partial charge < -0.3 is 19.3 Å². The minimum Gasteiger partial charge on any atom is -0.388 e. The second-order valence-corrected chi connectivity index (χ2v) is 7.26. The largest absolute Gasteiger partial charge is 0.388 e. The Balaban J connectivity index is 1.72. The van der Waals surface area contributed by atoms with E-state index in [0.29, 0.717) is 6.61 Å². The van der Waals surface area contributed by atoms with Crippen molar-refractivity contribution in [3.63, 3.8) is 0 Å². The standard InChI is InChI=1S/C20H24O4S/c1-14-17(21)18(23-13-15-9-5-3-6-10-15)19(22-2)20(24-14)25-16-11-7-4-8-12-16/h3-12,14,17-21H,13H2,1-2H3/t14-,17-,18-,19-,20-/m1/s1. The predicted octanol–water partition coefficient (Wildman–Crippen LogP) is 3.48. The highest BCUT2D eigenvalue weighted by Crippen LogP contribution is 2.35. The monoisotopic (exact) mass is 360 g/mol. The van der Waals surface area contributed by atoms with Crippen LogP contribution in [0.4, 0.5) is 0 Å². The third-order valence-corrected chi connectivity index (χ3v) is 5.47. The molecule has 3 rings (SSSR count). The Morgan fingerprint density at radius 2 is 1.64 bits per heavy atom. The summed E-state index contributed by atoms with van der Waals surface area (Å²) in [4.78, 5) is 1.10. The summed E-state index contributed by atoms with van der Waals surface area (Å²) < 4.78 is 17.7. The lowest BCUT2D eigenvalue weighted by Crippen LogP contribution is -2.57. The molecule has 0 amide bonds. The van der Waals surface area contributed by atoms with E-state index in [1.165, 1.54) is 0 Å². The van der Waals surface area contributed by atoms with Crippen molar-refractivity contribution in [1.29, 1.82) is 0 Å². The summed E-state index contributed by atoms with van der Waals surface area (Å²) in [6.07, 6.45) is -1.87. The van der Waals surface area contributed by atoms with Gasteiger partial charge in [0.05, 0.1) is 12.7 Å². The van der Waals surface area contributed by atoms with Gasteiger partial charge in [-0.2, -0.15) is 0 Å². The van der Waals surface area contributed by atoms with Gasteiger partial charge in [0.25, 0.3) is 0 Å². The molecule has 0 spiro atoms. The van der Waals surface area contributed by atoms with Crippen LogP contribution in [-0.4, -0.2) is 42.1 Å². The van der Waals surface area contributed by atoms with E-state index < -0.39 is 12.2 Å². The summed E-state index contributed by atoms with van der Waals surface area (Å²) >= 11 is 1.59. The molecule has 1 heterocycles. The number of aliphatic hydroxyl groups excluding tert-OH is 1. The first-order chi connectivity index (χ1) is 12.2. The van der Waals surface area contributed by atoms with Gasteiger partial charge in [0, 0.05) is 12.0 Å². The lowest BCUT2D eigenvalue weighted by atomic mass is 10.0. The molecule has 25 heavy (non-hydrogen) atoms. The molecule has 1 fully saturated rings. The van der Waals surface area contributed by atoms with Gasteiger partial charge in [-0.3, -0.25) is 0 Å². The fourth-order valence-corrected chi connectivity index (χ4v) is 4.13. The van der Waals surface area contributed by atoms with Gasteiger partial charge in [0.2, 0.25) is 0 Å². The number of aliphatic hydroxyl groups is 1. The highest BCUT2D eigenvalue weighted by Gasteiger charge is 2.45. The maximum absolute atomic E-state index is 10.6. The lowest BCUT2D eigenvalue weighted by Gasteiger charge is -2.42. The van der Waals surface area contributed by atoms with Gasteiger partial charge in [0.1, 0.15) is 23.7 Å². The molecule has 1 N–H and O–H groups in total. The molecule has 2 aromatic rings. The molecule has 0 aromatic heterocycles. The Kier molecular flexibility index (Phi) is 6.51. The van der Waals surface area contributed by atoms with Crippen LogP contribution >= 0.6 is 11.8 Å². The Hall–Kier alpha value is -1.37. The fraction of sp³-hybridized carbons (Fsp3) is 0.400. The van der Waals surface area contributed by atoms with Crippen LogP contribution < -0.4 is 0 Å². The number of rotatable bonds is 6. The molecule has 5 heteroatoms. The van der Waals surface area contributed by atoms with Gasteiger partial charge in [-0.25, -0.2) is 0 Å². The maximum atomic E-state index is 10.6. The van der Waals surface area contributed by atoms with Gasteiger partial charge in [-0.1, -0.05) is 60.3 Å². The second-order valence-electron chi connectivity index (χ2n) is 6.09. The topological polar surface area (TPSA) is 47.9 Å². The zero-order chi connectivity index (χ0) is 17.6. The number of thioether (sulfide) groups is 1. The van der Waals surface area contributed by atoms with Crippen molar-refractivity contribution >= 4 is 11.8 Å². The van der Waals surface area contributed by atoms with Crippen molar-refractivity contribution in [3.05, 3.63) is 66.2 Å². The zero-order valence-corrected chi connectivity index (χ0v) is 15.3. The SMILES string of the molecule is CO[C@@H]1[C@H](OCc2ccccc2)[C@H](O)[C@@H](C)O[C@@H]1Sc1ccccc1. The summed E-state index contributed by atoms with van der Waals surface area (Å²) in [5, 5.41) is 10.6. The van der Waals surface area contributed by atoms with Crippen molar-refractivity contribution in [2.45, 2.75) is 48.3 Å². The van der Waals surface area contributed by atoms with Crippen molar-refractivity contribution in [3.8, 4) is 0 Å². The minimum absolute atomic E-state index is 0.244. The Morgan fingerprint density at radius 1 is 1.00 bits per heavy atom. The number of hydrogen-bond donors (Lipinski definition) is 1. The molecular formula is C20H24O4S. The molecule has 0 radical (unpaired) electrons. The van der Waals surface area contributed by atoms with E-state index in [9.17, 15) is 5.11 Å². The first-order valence-corrected chi connectivity index (χ1v) is 9.30. The number of ether oxygens (including phenoxy) is 3. The molecule has 1 saturated heterocycles. The van der Waals surface area contributed by atoms with E-state index in [0.717, 1.165) is 10.5 Å². The molecule has 134 valence electrons. The van der Waals surface area contributed by atoms with E-state index in [1.807, 2.05) is 67.6 Å². The minimum atomic E-state index is -0.735. The Labute approximate surface area is 153 Å². The van der Waals surface area contributed by atoms with Crippen molar-refractivity contribution in [2.24, 2.45) is 0 Å². The fourth-order valence-electron chi connectivity index (χ4n) is 2.92. The quantitative estimate of drug-likeness (QED) is 0.855. The van der Waals surface area contributed by atoms with Crippen molar-refractivity contribution in [1.82, 2.24) is 0 Å². The van der Waals surface area contributed by atoms with Crippen LogP contribution in [0.1, 0.15) is 12.5 Å². The average Bonchev–Trinajstić information content (AvgIpc) is 2.65. The molecule has 0 bridgehead atoms. The molecular weight excluding hydrogens is 336 g/mol. The molecule has 1 aliphatic heterocycles. The Morgan fingerprint density at radius 3 is 2.28 bits per heavy atom. The van der Waals surface area contributed by atoms with E-state index in [1.54, 1.807) is 18.9 Å². The van der Waals surface area contributed by atoms with E-state index in [2.05, 4.69) is 0 Å². The second kappa shape index (κ2) is 8.83. The zero-order valence-electron chi connectivity index (χ0n) is 14.4. The average molecular weight is 360 g/mol. The molecule has 0 aliphatic carbocycles. The van der Waals surface area contributed by atoms with Gasteiger partial charge in [0.15, 0.2) is 0 Å². The van der Waals surface area contributed by atoms with Crippen LogP contribution in [0, 0.1) is 0 Å². The van der Waals surface area contributed by atoms with E-state index in [4.69, 9.17) is 14.2 Å². The van der Waals surface area contributed by atoms with Gasteiger partial charge >= 0.3 is 0 Å². The van der Waals surface area contributed by atoms with Crippen molar-refractivity contribution in [2.75, 3.05) is 7.11 Å². The number of benzene rings is 2. The molecule has 2 aromatic carbocycles. The summed E-state index contributed by atoms with van der Waals surface area (Å²) in [6, 6.07) is 20.0. The predicted molar refractivity (Wildman–Crippen MR) is 98.5 cm³/mol. The first kappa shape index (κ1) is 18.4. The van der Waals surface area contributed by atoms with Crippen LogP contribution in [0.25, 0.3) is 0 Å². The van der Waals surface area contributed by atoms with Crippen LogP contribution in [0.3, 0.4) is 0 Å². The smallest absolute Gasteiger partial charge is 0.136 e. The highest BCUT2D eigenvalue weighted by molar-refractivity contribution is 7.99. The van der Waals surface area contributed by atoms with Crippen molar-refractivity contribution < 1.29 is 19.3 Å². The molecule has 5 atom stereocenters. The molecule has 0 saturated carbocycles. The first-order valence-electron chi connectivity index (χ1n) is 8.42. The maximum Gasteiger partial charge on any atom is 0.136 e. The molecule has 0 unspecified atom stereocenters. The summed E-state index contributed by atoms with van der Waals surface area (Å²) in [7, 11) is 1.63. The van der Waals surface area contributed by atoms with E-state index in [-0.39, 0.29) is 17.6 Å². The third kappa shape index (κ3) is 4.63. The van der Waals surface area contributed by atoms with Gasteiger partial charge in [-0.15, -0.1) is 0 Å². The summed E-state index contributed by atoms with van der Waals surface area (Å²) in [6.45, 7) is 2.30. The normalized spacial score (nSPS) is 29.5. The van der Waals surface area contributed by atoms with Crippen LogP contribution in [0.2, 0.25) is 0 Å². The van der Waals surface area contributed by atoms with Crippen LogP contribution in [0.5, 0.6) is 0 Å². The Bertz CT molecular complexity index is 637. The van der Waals surface area contributed by atoms with Crippen LogP contribution in [0.15, 0.2) is 65.6 Å². The summed E-state index contributed by atoms with van der Waals surface area (Å²) in [5.74, 6) is 0. The van der Waals surface area contributed by atoms with Gasteiger partial charge in [-0.05, 0) is 24.6 Å². The van der Waals surface area contributed by atoms with Crippen LogP contribution in [-0.2, 0) is 20.8 Å². The highest BCUT2D eigenvalue weighted by atomic mass is 32.2. The lowest BCUT2D eigenvalue weighted by molar-refractivity contribution is -0.219.